The van der Waals surface area contributed by atoms with Gasteiger partial charge < -0.3 is 5.11 Å². The summed E-state index contributed by atoms with van der Waals surface area (Å²) in [6.45, 7) is 0. The van der Waals surface area contributed by atoms with Gasteiger partial charge in [0, 0.05) is 4.90 Å². The molecule has 108 valence electrons. The molecule has 0 bridgehead atoms. The molecule has 0 unspecified atom stereocenters. The Morgan fingerprint density at radius 1 is 1.20 bits per heavy atom. The molecule has 0 saturated carbocycles. The minimum Gasteiger partial charge on any atom is -0.478 e. The molecule has 1 aromatic rings. The van der Waals surface area contributed by atoms with Crippen LogP contribution in [0.25, 0.3) is 0 Å². The van der Waals surface area contributed by atoms with Crippen LogP contribution in [0.2, 0.25) is 0 Å². The van der Waals surface area contributed by atoms with Crippen molar-refractivity contribution in [3.05, 3.63) is 28.8 Å². The zero-order valence-electron chi connectivity index (χ0n) is 9.13. The monoisotopic (exact) mass is 315 g/mol. The zero-order valence-corrected chi connectivity index (χ0v) is 9.95. The summed E-state index contributed by atoms with van der Waals surface area (Å²) in [7, 11) is 0. The van der Waals surface area contributed by atoms with Crippen LogP contribution in [0, 0.1) is 11.3 Å². The van der Waals surface area contributed by atoms with Crippen LogP contribution in [0.1, 0.15) is 21.5 Å². The molecule has 0 saturated heterocycles. The first-order chi connectivity index (χ1) is 8.95. The number of carbonyl (C=O) groups is 1. The van der Waals surface area contributed by atoms with Crippen molar-refractivity contribution in [3.8, 4) is 6.07 Å². The highest BCUT2D eigenvalue weighted by atomic mass is 32.2. The number of thioether (sulfide) groups is 1. The lowest BCUT2D eigenvalue weighted by Gasteiger charge is -2.14. The Balaban J connectivity index is 3.61. The minimum atomic E-state index is -5.14. The second kappa shape index (κ2) is 5.24. The molecule has 1 rings (SSSR count). The molecule has 0 aliphatic rings. The molecule has 3 nitrogen and oxygen atoms in total. The maximum atomic E-state index is 12.7. The average Bonchev–Trinajstić information content (AvgIpc) is 2.24. The molecule has 0 aliphatic carbocycles. The van der Waals surface area contributed by atoms with E-state index < -0.39 is 51.0 Å². The lowest BCUT2D eigenvalue weighted by molar-refractivity contribution is -0.138. The fourth-order valence-corrected chi connectivity index (χ4v) is 1.98. The molecule has 20 heavy (non-hydrogen) atoms. The highest BCUT2D eigenvalue weighted by Gasteiger charge is 2.38. The highest BCUT2D eigenvalue weighted by molar-refractivity contribution is 8.00. The standard InChI is InChI=1S/C10H3F6NO2S/c11-9(12,13)6-1-4(8(18)19)2-7(5(6)3-17)20-10(14,15)16/h1-2H,(H,18,19). The number of benzene rings is 1. The number of nitrogens with zero attached hydrogens (tertiary/aromatic N) is 1. The van der Waals surface area contributed by atoms with Gasteiger partial charge in [0.25, 0.3) is 0 Å². The Bertz CT molecular complexity index is 587. The number of hydrogen-bond donors (Lipinski definition) is 1. The maximum absolute atomic E-state index is 12.7. The Morgan fingerprint density at radius 2 is 1.75 bits per heavy atom. The molecule has 1 aromatic carbocycles. The smallest absolute Gasteiger partial charge is 0.446 e. The molecular weight excluding hydrogens is 312 g/mol. The number of carboxylic acids is 1. The number of halogens is 6. The van der Waals surface area contributed by atoms with Crippen LogP contribution < -0.4 is 0 Å². The first-order valence-electron chi connectivity index (χ1n) is 4.60. The van der Waals surface area contributed by atoms with E-state index in [1.54, 1.807) is 0 Å². The van der Waals surface area contributed by atoms with Crippen molar-refractivity contribution < 1.29 is 36.2 Å². The summed E-state index contributed by atoms with van der Waals surface area (Å²) in [6, 6.07) is 1.54. The summed E-state index contributed by atoms with van der Waals surface area (Å²) in [6.07, 6.45) is -5.14. The zero-order chi connectivity index (χ0) is 15.7. The molecule has 10 heteroatoms. The topological polar surface area (TPSA) is 61.1 Å². The van der Waals surface area contributed by atoms with E-state index in [2.05, 4.69) is 0 Å². The molecule has 1 N–H and O–H groups in total. The first-order valence-corrected chi connectivity index (χ1v) is 5.41. The van der Waals surface area contributed by atoms with Crippen molar-refractivity contribution in [2.45, 2.75) is 16.6 Å². The minimum absolute atomic E-state index is 0.126. The number of alkyl halides is 6. The predicted molar refractivity (Wildman–Crippen MR) is 55.0 cm³/mol. The number of aromatic carboxylic acids is 1. The third-order valence-electron chi connectivity index (χ3n) is 1.99. The lowest BCUT2D eigenvalue weighted by atomic mass is 10.0. The number of rotatable bonds is 2. The second-order valence-corrected chi connectivity index (χ2v) is 4.47. The van der Waals surface area contributed by atoms with Crippen molar-refractivity contribution >= 4 is 17.7 Å². The summed E-state index contributed by atoms with van der Waals surface area (Å²) in [5.41, 5.74) is -8.91. The quantitative estimate of drug-likeness (QED) is 0.664. The third kappa shape index (κ3) is 3.80. The second-order valence-electron chi connectivity index (χ2n) is 3.36. The van der Waals surface area contributed by atoms with Gasteiger partial charge in [-0.2, -0.15) is 31.6 Å². The van der Waals surface area contributed by atoms with Crippen molar-refractivity contribution in [2.24, 2.45) is 0 Å². The average molecular weight is 315 g/mol. The van der Waals surface area contributed by atoms with Crippen molar-refractivity contribution in [1.82, 2.24) is 0 Å². The summed E-state index contributed by atoms with van der Waals surface area (Å²) in [5.74, 6) is -1.83. The van der Waals surface area contributed by atoms with Gasteiger partial charge >= 0.3 is 17.7 Å². The van der Waals surface area contributed by atoms with Crippen LogP contribution in [-0.2, 0) is 6.18 Å². The van der Waals surface area contributed by atoms with Crippen LogP contribution in [0.4, 0.5) is 26.3 Å². The molecular formula is C10H3F6NO2S. The van der Waals surface area contributed by atoms with Gasteiger partial charge in [0.15, 0.2) is 0 Å². The van der Waals surface area contributed by atoms with Crippen LogP contribution in [0.3, 0.4) is 0 Å². The van der Waals surface area contributed by atoms with Crippen LogP contribution in [0.5, 0.6) is 0 Å². The molecule has 0 radical (unpaired) electrons. The van der Waals surface area contributed by atoms with E-state index in [-0.39, 0.29) is 6.07 Å². The summed E-state index contributed by atoms with van der Waals surface area (Å²) >= 11 is -0.972. The summed E-state index contributed by atoms with van der Waals surface area (Å²) < 4.78 is 74.7. The largest absolute Gasteiger partial charge is 0.478 e. The third-order valence-corrected chi connectivity index (χ3v) is 2.77. The number of nitriles is 1. The van der Waals surface area contributed by atoms with Gasteiger partial charge in [-0.1, -0.05) is 0 Å². The fourth-order valence-electron chi connectivity index (χ4n) is 1.28. The Labute approximate surface area is 111 Å². The molecule has 0 aromatic heterocycles. The van der Waals surface area contributed by atoms with Gasteiger partial charge in [-0.15, -0.1) is 0 Å². The predicted octanol–water partition coefficient (Wildman–Crippen LogP) is 3.89. The molecule has 0 aliphatic heterocycles. The summed E-state index contributed by atoms with van der Waals surface area (Å²) in [5, 5.41) is 17.2. The Kier molecular flexibility index (Phi) is 4.24. The maximum Gasteiger partial charge on any atom is 0.446 e. The highest BCUT2D eigenvalue weighted by Crippen LogP contribution is 2.43. The van der Waals surface area contributed by atoms with Crippen LogP contribution in [-0.4, -0.2) is 16.6 Å². The number of carboxylic acid groups (broad SMARTS) is 1. The van der Waals surface area contributed by atoms with Crippen molar-refractivity contribution in [2.75, 3.05) is 0 Å². The van der Waals surface area contributed by atoms with Gasteiger partial charge in [0.1, 0.15) is 6.07 Å². The first kappa shape index (κ1) is 16.2. The Hall–Kier alpha value is -1.89. The molecule has 0 heterocycles. The number of hydrogen-bond acceptors (Lipinski definition) is 3. The SMILES string of the molecule is N#Cc1c(SC(F)(F)F)cc(C(=O)O)cc1C(F)(F)F. The molecule has 0 atom stereocenters. The van der Waals surface area contributed by atoms with Gasteiger partial charge in [0.05, 0.1) is 16.7 Å². The van der Waals surface area contributed by atoms with E-state index in [0.29, 0.717) is 6.07 Å². The lowest BCUT2D eigenvalue weighted by Crippen LogP contribution is -2.12. The van der Waals surface area contributed by atoms with Crippen LogP contribution >= 0.6 is 11.8 Å². The molecule has 0 amide bonds. The van der Waals surface area contributed by atoms with Crippen molar-refractivity contribution in [3.63, 3.8) is 0 Å². The van der Waals surface area contributed by atoms with Gasteiger partial charge in [0.2, 0.25) is 0 Å². The normalized spacial score (nSPS) is 12.1. The van der Waals surface area contributed by atoms with Gasteiger partial charge in [-0.05, 0) is 23.9 Å². The van der Waals surface area contributed by atoms with E-state index in [4.69, 9.17) is 10.4 Å². The van der Waals surface area contributed by atoms with E-state index in [1.165, 1.54) is 0 Å². The van der Waals surface area contributed by atoms with E-state index in [0.717, 1.165) is 6.07 Å². The Morgan fingerprint density at radius 3 is 2.10 bits per heavy atom. The molecule has 0 fully saturated rings. The summed E-state index contributed by atoms with van der Waals surface area (Å²) in [4.78, 5) is 9.55. The van der Waals surface area contributed by atoms with Gasteiger partial charge in [-0.3, -0.25) is 0 Å². The van der Waals surface area contributed by atoms with E-state index in [9.17, 15) is 31.1 Å². The van der Waals surface area contributed by atoms with Crippen molar-refractivity contribution in [1.29, 1.82) is 5.26 Å². The molecule has 0 spiro atoms. The van der Waals surface area contributed by atoms with E-state index in [1.807, 2.05) is 0 Å². The van der Waals surface area contributed by atoms with Crippen LogP contribution in [0.15, 0.2) is 17.0 Å². The van der Waals surface area contributed by atoms with E-state index >= 15 is 0 Å². The van der Waals surface area contributed by atoms with Gasteiger partial charge in [-0.25, -0.2) is 4.79 Å². The fraction of sp³-hybridized carbons (Fsp3) is 0.200.